The molecule has 0 saturated carbocycles. The molecule has 0 aliphatic carbocycles. The molecule has 1 amide bonds. The molecule has 0 aromatic carbocycles. The third-order valence-electron chi connectivity index (χ3n) is 2.24. The van der Waals surface area contributed by atoms with Crippen molar-refractivity contribution in [1.29, 1.82) is 0 Å². The summed E-state index contributed by atoms with van der Waals surface area (Å²) in [6.07, 6.45) is 1.35. The van der Waals surface area contributed by atoms with E-state index in [1.54, 1.807) is 4.90 Å². The van der Waals surface area contributed by atoms with E-state index in [9.17, 15) is 9.59 Å². The topological polar surface area (TPSA) is 78.1 Å². The third kappa shape index (κ3) is 3.97. The summed E-state index contributed by atoms with van der Waals surface area (Å²) in [5, 5.41) is 2.81. The normalized spacial score (nSPS) is 10.5. The smallest absolute Gasteiger partial charge is 0.266 e. The standard InChI is InChI=1S/C11H17IN4O2/c1-4-16(5-8(17)15-7(2)3)10-9(12)11(18)14-6-13-10/h6-7H,4-5H2,1-3H3,(H,15,17)(H,13,14,18). The highest BCUT2D eigenvalue weighted by atomic mass is 127. The molecule has 1 heterocycles. The van der Waals surface area contributed by atoms with Crippen molar-refractivity contribution >= 4 is 34.3 Å². The van der Waals surface area contributed by atoms with E-state index >= 15 is 0 Å². The van der Waals surface area contributed by atoms with Crippen LogP contribution in [0.4, 0.5) is 5.82 Å². The average molecular weight is 364 g/mol. The number of nitrogens with one attached hydrogen (secondary N) is 2. The van der Waals surface area contributed by atoms with E-state index in [-0.39, 0.29) is 24.1 Å². The number of carbonyl (C=O) groups excluding carboxylic acids is 1. The summed E-state index contributed by atoms with van der Waals surface area (Å²) in [5.41, 5.74) is -0.191. The molecule has 1 aromatic rings. The molecule has 0 saturated heterocycles. The number of halogens is 1. The molecule has 7 heteroatoms. The zero-order valence-electron chi connectivity index (χ0n) is 10.7. The van der Waals surface area contributed by atoms with E-state index in [4.69, 9.17) is 0 Å². The van der Waals surface area contributed by atoms with Crippen molar-refractivity contribution in [3.8, 4) is 0 Å². The second-order valence-corrected chi connectivity index (χ2v) is 5.18. The predicted molar refractivity (Wildman–Crippen MR) is 78.7 cm³/mol. The third-order valence-corrected chi connectivity index (χ3v) is 3.22. The molecule has 0 atom stereocenters. The second kappa shape index (κ2) is 6.72. The maximum Gasteiger partial charge on any atom is 0.266 e. The Morgan fingerprint density at radius 1 is 1.61 bits per heavy atom. The monoisotopic (exact) mass is 364 g/mol. The fourth-order valence-electron chi connectivity index (χ4n) is 1.47. The van der Waals surface area contributed by atoms with Crippen molar-refractivity contribution < 1.29 is 4.79 Å². The summed E-state index contributed by atoms with van der Waals surface area (Å²) in [6.45, 7) is 6.54. The van der Waals surface area contributed by atoms with E-state index in [0.717, 1.165) is 0 Å². The number of nitrogens with zero attached hydrogens (tertiary/aromatic N) is 2. The van der Waals surface area contributed by atoms with Crippen LogP contribution in [0, 0.1) is 3.57 Å². The van der Waals surface area contributed by atoms with Gasteiger partial charge in [0.25, 0.3) is 5.56 Å². The van der Waals surface area contributed by atoms with Crippen LogP contribution in [0.15, 0.2) is 11.1 Å². The van der Waals surface area contributed by atoms with Crippen LogP contribution in [-0.4, -0.2) is 35.0 Å². The van der Waals surface area contributed by atoms with E-state index in [1.165, 1.54) is 6.33 Å². The van der Waals surface area contributed by atoms with Gasteiger partial charge in [0.15, 0.2) is 0 Å². The molecule has 1 rings (SSSR count). The van der Waals surface area contributed by atoms with Crippen LogP contribution in [0.25, 0.3) is 0 Å². The zero-order valence-corrected chi connectivity index (χ0v) is 12.8. The number of amides is 1. The van der Waals surface area contributed by atoms with Gasteiger partial charge in [-0.15, -0.1) is 0 Å². The van der Waals surface area contributed by atoms with Gasteiger partial charge in [0.1, 0.15) is 9.39 Å². The van der Waals surface area contributed by atoms with Crippen LogP contribution < -0.4 is 15.8 Å². The molecule has 0 spiro atoms. The Labute approximate surface area is 119 Å². The first-order valence-electron chi connectivity index (χ1n) is 5.73. The van der Waals surface area contributed by atoms with Gasteiger partial charge in [-0.25, -0.2) is 4.98 Å². The second-order valence-electron chi connectivity index (χ2n) is 4.11. The number of H-pyrrole nitrogens is 1. The van der Waals surface area contributed by atoms with E-state index in [2.05, 4.69) is 15.3 Å². The van der Waals surface area contributed by atoms with Crippen molar-refractivity contribution in [2.45, 2.75) is 26.8 Å². The number of hydrogen-bond donors (Lipinski definition) is 2. The molecule has 2 N–H and O–H groups in total. The van der Waals surface area contributed by atoms with Crippen LogP contribution in [0.1, 0.15) is 20.8 Å². The molecule has 0 fully saturated rings. The van der Waals surface area contributed by atoms with Gasteiger partial charge in [0, 0.05) is 12.6 Å². The molecular weight excluding hydrogens is 347 g/mol. The van der Waals surface area contributed by atoms with Crippen molar-refractivity contribution in [2.75, 3.05) is 18.0 Å². The largest absolute Gasteiger partial charge is 0.352 e. The number of hydrogen-bond acceptors (Lipinski definition) is 4. The van der Waals surface area contributed by atoms with Gasteiger partial charge in [-0.2, -0.15) is 0 Å². The molecule has 0 bridgehead atoms. The molecule has 0 radical (unpaired) electrons. The van der Waals surface area contributed by atoms with E-state index in [0.29, 0.717) is 15.9 Å². The summed E-state index contributed by atoms with van der Waals surface area (Å²) in [5.74, 6) is 0.463. The maximum atomic E-state index is 11.7. The van der Waals surface area contributed by atoms with Gasteiger partial charge in [-0.05, 0) is 43.4 Å². The Kier molecular flexibility index (Phi) is 5.57. The minimum atomic E-state index is -0.191. The van der Waals surface area contributed by atoms with Crippen LogP contribution in [0.5, 0.6) is 0 Å². The lowest BCUT2D eigenvalue weighted by Crippen LogP contribution is -2.41. The number of likely N-dealkylation sites (N-methyl/N-ethyl adjacent to an activating group) is 1. The van der Waals surface area contributed by atoms with Crippen LogP contribution >= 0.6 is 22.6 Å². The summed E-state index contributed by atoms with van der Waals surface area (Å²) in [7, 11) is 0. The molecule has 0 aliphatic heterocycles. The molecule has 6 nitrogen and oxygen atoms in total. The molecule has 100 valence electrons. The minimum absolute atomic E-state index is 0.0790. The quantitative estimate of drug-likeness (QED) is 0.755. The Morgan fingerprint density at radius 2 is 2.28 bits per heavy atom. The Hall–Kier alpha value is -1.12. The molecule has 18 heavy (non-hydrogen) atoms. The minimum Gasteiger partial charge on any atom is -0.352 e. The highest BCUT2D eigenvalue weighted by Gasteiger charge is 2.15. The van der Waals surface area contributed by atoms with Crippen LogP contribution in [-0.2, 0) is 4.79 Å². The molecule has 0 aliphatic rings. The van der Waals surface area contributed by atoms with Crippen molar-refractivity contribution in [2.24, 2.45) is 0 Å². The summed E-state index contributed by atoms with van der Waals surface area (Å²) < 4.78 is 0.495. The van der Waals surface area contributed by atoms with Gasteiger partial charge in [-0.1, -0.05) is 0 Å². The number of rotatable bonds is 5. The summed E-state index contributed by atoms with van der Waals surface area (Å²) >= 11 is 1.94. The van der Waals surface area contributed by atoms with Crippen molar-refractivity contribution in [3.63, 3.8) is 0 Å². The SMILES string of the molecule is CCN(CC(=O)NC(C)C)c1nc[nH]c(=O)c1I. The number of aromatic nitrogens is 2. The first-order valence-corrected chi connectivity index (χ1v) is 6.81. The van der Waals surface area contributed by atoms with Gasteiger partial charge in [0.05, 0.1) is 12.9 Å². The van der Waals surface area contributed by atoms with Crippen molar-refractivity contribution in [1.82, 2.24) is 15.3 Å². The van der Waals surface area contributed by atoms with E-state index < -0.39 is 0 Å². The van der Waals surface area contributed by atoms with Gasteiger partial charge in [-0.3, -0.25) is 9.59 Å². The Morgan fingerprint density at radius 3 is 2.83 bits per heavy atom. The summed E-state index contributed by atoms with van der Waals surface area (Å²) in [6, 6.07) is 0.0995. The predicted octanol–water partition coefficient (Wildman–Crippen LogP) is 0.725. The zero-order chi connectivity index (χ0) is 13.7. The van der Waals surface area contributed by atoms with Crippen LogP contribution in [0.3, 0.4) is 0 Å². The van der Waals surface area contributed by atoms with Crippen molar-refractivity contribution in [3.05, 3.63) is 20.3 Å². The lowest BCUT2D eigenvalue weighted by Gasteiger charge is -2.22. The first kappa shape index (κ1) is 14.9. The van der Waals surface area contributed by atoms with Gasteiger partial charge in [0.2, 0.25) is 5.91 Å². The lowest BCUT2D eigenvalue weighted by molar-refractivity contribution is -0.120. The highest BCUT2D eigenvalue weighted by molar-refractivity contribution is 14.1. The Balaban J connectivity index is 2.87. The molecular formula is C11H17IN4O2. The number of carbonyl (C=O) groups is 1. The number of anilines is 1. The first-order chi connectivity index (χ1) is 8.45. The van der Waals surface area contributed by atoms with Gasteiger partial charge >= 0.3 is 0 Å². The highest BCUT2D eigenvalue weighted by Crippen LogP contribution is 2.14. The maximum absolute atomic E-state index is 11.7. The van der Waals surface area contributed by atoms with Gasteiger partial charge < -0.3 is 15.2 Å². The van der Waals surface area contributed by atoms with E-state index in [1.807, 2.05) is 43.4 Å². The van der Waals surface area contributed by atoms with Crippen LogP contribution in [0.2, 0.25) is 0 Å². The number of aromatic amines is 1. The fourth-order valence-corrected chi connectivity index (χ4v) is 2.11. The Bertz CT molecular complexity index is 472. The molecule has 0 unspecified atom stereocenters. The fraction of sp³-hybridized carbons (Fsp3) is 0.545. The molecule has 1 aromatic heterocycles. The lowest BCUT2D eigenvalue weighted by atomic mass is 10.3. The summed E-state index contributed by atoms with van der Waals surface area (Å²) in [4.78, 5) is 31.6. The average Bonchev–Trinajstić information content (AvgIpc) is 2.29.